The van der Waals surface area contributed by atoms with Crippen molar-refractivity contribution in [1.82, 2.24) is 4.57 Å². The predicted molar refractivity (Wildman–Crippen MR) is 98.9 cm³/mol. The van der Waals surface area contributed by atoms with Crippen LogP contribution in [0.1, 0.15) is 21.6 Å². The lowest BCUT2D eigenvalue weighted by Crippen LogP contribution is -2.01. The monoisotopic (exact) mass is 382 g/mol. The summed E-state index contributed by atoms with van der Waals surface area (Å²) in [5, 5.41) is 9.14. The molecule has 0 saturated carbocycles. The number of hydrogen-bond acceptors (Lipinski definition) is 2. The topological polar surface area (TPSA) is 54.6 Å². The van der Waals surface area contributed by atoms with Crippen molar-refractivity contribution >= 4 is 33.8 Å². The lowest BCUT2D eigenvalue weighted by Gasteiger charge is -2.07. The van der Waals surface area contributed by atoms with Gasteiger partial charge in [-0.05, 0) is 61.0 Å². The minimum atomic E-state index is -0.940. The van der Waals surface area contributed by atoms with E-state index >= 15 is 0 Å². The minimum absolute atomic E-state index is 0.257. The van der Waals surface area contributed by atoms with Gasteiger partial charge in [-0.25, -0.2) is 4.79 Å². The summed E-state index contributed by atoms with van der Waals surface area (Å²) in [5.74, 6) is -0.940. The zero-order valence-corrected chi connectivity index (χ0v) is 14.6. The molecule has 3 rings (SSSR count). The number of nitrogens with zero attached hydrogens (tertiary/aromatic N) is 2. The average Bonchev–Trinajstić information content (AvgIpc) is 3.04. The van der Waals surface area contributed by atoms with E-state index in [2.05, 4.69) is 20.9 Å². The Balaban J connectivity index is 1.93. The number of halogens is 1. The lowest BCUT2D eigenvalue weighted by atomic mass is 10.2. The highest BCUT2D eigenvalue weighted by molar-refractivity contribution is 9.10. The van der Waals surface area contributed by atoms with Crippen LogP contribution in [0.25, 0.3) is 5.69 Å². The molecule has 0 amide bonds. The van der Waals surface area contributed by atoms with Gasteiger partial charge < -0.3 is 9.67 Å². The smallest absolute Gasteiger partial charge is 0.335 e. The number of benzene rings is 2. The summed E-state index contributed by atoms with van der Waals surface area (Å²) in [6.07, 6.45) is 3.66. The van der Waals surface area contributed by atoms with Gasteiger partial charge in [0.2, 0.25) is 0 Å². The molecule has 3 aromatic rings. The highest BCUT2D eigenvalue weighted by Gasteiger charge is 2.06. The van der Waals surface area contributed by atoms with Gasteiger partial charge in [0.25, 0.3) is 0 Å². The molecular weight excluding hydrogens is 368 g/mol. The highest BCUT2D eigenvalue weighted by Crippen LogP contribution is 2.22. The molecule has 1 heterocycles. The molecular formula is C19H15BrN2O2. The van der Waals surface area contributed by atoms with Crippen molar-refractivity contribution in [3.63, 3.8) is 0 Å². The van der Waals surface area contributed by atoms with E-state index in [1.165, 1.54) is 0 Å². The summed E-state index contributed by atoms with van der Waals surface area (Å²) in [6, 6.07) is 16.6. The molecule has 4 nitrogen and oxygen atoms in total. The van der Waals surface area contributed by atoms with E-state index in [0.29, 0.717) is 0 Å². The zero-order chi connectivity index (χ0) is 17.1. The number of hydrogen-bond donors (Lipinski definition) is 1. The second kappa shape index (κ2) is 6.84. The Morgan fingerprint density at radius 2 is 2.00 bits per heavy atom. The van der Waals surface area contributed by atoms with Crippen LogP contribution in [0.4, 0.5) is 5.69 Å². The first-order chi connectivity index (χ1) is 11.5. The molecule has 0 aliphatic heterocycles. The Bertz CT molecular complexity index is 929. The standard InChI is InChI=1S/C19H15BrN2O2/c1-13-10-15(7-8-18(13)20)21-12-17-6-3-9-22(17)16-5-2-4-14(11-16)19(23)24/h2-12H,1H3,(H,23,24). The molecule has 0 aliphatic rings. The van der Waals surface area contributed by atoms with Crippen molar-refractivity contribution in [3.05, 3.63) is 82.1 Å². The fourth-order valence-electron chi connectivity index (χ4n) is 2.37. The molecule has 120 valence electrons. The van der Waals surface area contributed by atoms with Crippen molar-refractivity contribution in [2.24, 2.45) is 4.99 Å². The molecule has 1 N–H and O–H groups in total. The lowest BCUT2D eigenvalue weighted by molar-refractivity contribution is 0.0697. The van der Waals surface area contributed by atoms with E-state index in [9.17, 15) is 4.79 Å². The van der Waals surface area contributed by atoms with Crippen molar-refractivity contribution in [2.45, 2.75) is 6.92 Å². The molecule has 0 aliphatic carbocycles. The Labute approximate surface area is 148 Å². The third-order valence-corrected chi connectivity index (χ3v) is 4.53. The first-order valence-corrected chi connectivity index (χ1v) is 8.15. The Hall–Kier alpha value is -2.66. The summed E-state index contributed by atoms with van der Waals surface area (Å²) in [6.45, 7) is 2.02. The number of carboxylic acids is 1. The molecule has 0 saturated heterocycles. The first kappa shape index (κ1) is 16.2. The molecule has 0 spiro atoms. The fraction of sp³-hybridized carbons (Fsp3) is 0.0526. The third-order valence-electron chi connectivity index (χ3n) is 3.64. The molecule has 0 radical (unpaired) electrons. The van der Waals surface area contributed by atoms with Crippen LogP contribution in [-0.4, -0.2) is 21.9 Å². The molecule has 5 heteroatoms. The maximum atomic E-state index is 11.1. The van der Waals surface area contributed by atoms with E-state index in [0.717, 1.165) is 27.1 Å². The van der Waals surface area contributed by atoms with E-state index in [-0.39, 0.29) is 5.56 Å². The number of carboxylic acid groups (broad SMARTS) is 1. The van der Waals surface area contributed by atoms with Gasteiger partial charge in [-0.3, -0.25) is 4.99 Å². The van der Waals surface area contributed by atoms with Crippen LogP contribution in [0.15, 0.2) is 70.3 Å². The second-order valence-corrected chi connectivity index (χ2v) is 6.20. The molecule has 24 heavy (non-hydrogen) atoms. The maximum Gasteiger partial charge on any atom is 0.335 e. The molecule has 1 aromatic heterocycles. The SMILES string of the molecule is Cc1cc(N=Cc2cccn2-c2cccc(C(=O)O)c2)ccc1Br. The summed E-state index contributed by atoms with van der Waals surface area (Å²) < 4.78 is 2.96. The Morgan fingerprint density at radius 1 is 1.17 bits per heavy atom. The van der Waals surface area contributed by atoms with Crippen LogP contribution in [0, 0.1) is 6.92 Å². The van der Waals surface area contributed by atoms with Crippen LogP contribution >= 0.6 is 15.9 Å². The van der Waals surface area contributed by atoms with Gasteiger partial charge in [-0.1, -0.05) is 22.0 Å². The van der Waals surface area contributed by atoms with Gasteiger partial charge in [0, 0.05) is 16.4 Å². The van der Waals surface area contributed by atoms with Crippen LogP contribution in [0.5, 0.6) is 0 Å². The number of aromatic carboxylic acids is 1. The van der Waals surface area contributed by atoms with Gasteiger partial charge in [0.1, 0.15) is 0 Å². The van der Waals surface area contributed by atoms with Crippen LogP contribution in [-0.2, 0) is 0 Å². The van der Waals surface area contributed by atoms with Gasteiger partial charge in [0.15, 0.2) is 0 Å². The van der Waals surface area contributed by atoms with Crippen LogP contribution in [0.2, 0.25) is 0 Å². The summed E-state index contributed by atoms with van der Waals surface area (Å²) in [7, 11) is 0. The van der Waals surface area contributed by atoms with Gasteiger partial charge in [-0.15, -0.1) is 0 Å². The van der Waals surface area contributed by atoms with Gasteiger partial charge >= 0.3 is 5.97 Å². The van der Waals surface area contributed by atoms with Crippen molar-refractivity contribution < 1.29 is 9.90 Å². The molecule has 0 fully saturated rings. The number of aliphatic imine (C=N–C) groups is 1. The van der Waals surface area contributed by atoms with Crippen LogP contribution in [0.3, 0.4) is 0 Å². The number of aryl methyl sites for hydroxylation is 1. The van der Waals surface area contributed by atoms with Crippen molar-refractivity contribution in [3.8, 4) is 5.69 Å². The number of rotatable bonds is 4. The van der Waals surface area contributed by atoms with Gasteiger partial charge in [0.05, 0.1) is 23.2 Å². The Morgan fingerprint density at radius 3 is 2.75 bits per heavy atom. The first-order valence-electron chi connectivity index (χ1n) is 7.36. The second-order valence-electron chi connectivity index (χ2n) is 5.35. The average molecular weight is 383 g/mol. The molecule has 2 aromatic carbocycles. The third kappa shape index (κ3) is 3.46. The van der Waals surface area contributed by atoms with Crippen molar-refractivity contribution in [2.75, 3.05) is 0 Å². The zero-order valence-electron chi connectivity index (χ0n) is 13.0. The Kier molecular flexibility index (Phi) is 4.62. The maximum absolute atomic E-state index is 11.1. The van der Waals surface area contributed by atoms with E-state index in [1.807, 2.05) is 54.1 Å². The van der Waals surface area contributed by atoms with E-state index in [1.54, 1.807) is 24.4 Å². The summed E-state index contributed by atoms with van der Waals surface area (Å²) in [5.41, 5.74) is 3.90. The van der Waals surface area contributed by atoms with Gasteiger partial charge in [-0.2, -0.15) is 0 Å². The normalized spacial score (nSPS) is 11.1. The number of carbonyl (C=O) groups is 1. The molecule has 0 unspecified atom stereocenters. The summed E-state index contributed by atoms with van der Waals surface area (Å²) >= 11 is 3.48. The summed E-state index contributed by atoms with van der Waals surface area (Å²) in [4.78, 5) is 15.6. The van der Waals surface area contributed by atoms with Crippen LogP contribution < -0.4 is 0 Å². The highest BCUT2D eigenvalue weighted by atomic mass is 79.9. The van der Waals surface area contributed by atoms with Crippen molar-refractivity contribution in [1.29, 1.82) is 0 Å². The van der Waals surface area contributed by atoms with E-state index < -0.39 is 5.97 Å². The minimum Gasteiger partial charge on any atom is -0.478 e. The molecule has 0 bridgehead atoms. The van der Waals surface area contributed by atoms with E-state index in [4.69, 9.17) is 5.11 Å². The predicted octanol–water partition coefficient (Wildman–Crippen LogP) is 5.00. The fourth-order valence-corrected chi connectivity index (χ4v) is 2.62. The largest absolute Gasteiger partial charge is 0.478 e. The molecule has 0 atom stereocenters. The quantitative estimate of drug-likeness (QED) is 0.645. The number of aromatic nitrogens is 1.